The first-order valence-corrected chi connectivity index (χ1v) is 11.6. The summed E-state index contributed by atoms with van der Waals surface area (Å²) < 4.78 is 38.5. The molecule has 32 heavy (non-hydrogen) atoms. The monoisotopic (exact) mass is 494 g/mol. The van der Waals surface area contributed by atoms with E-state index in [-0.39, 0.29) is 11.5 Å². The highest BCUT2D eigenvalue weighted by Crippen LogP contribution is 2.25. The second-order valence-corrected chi connectivity index (χ2v) is 9.31. The van der Waals surface area contributed by atoms with Gasteiger partial charge in [0, 0.05) is 21.4 Å². The number of ether oxygens (including phenoxy) is 2. The molecule has 0 aliphatic heterocycles. The average Bonchev–Trinajstić information content (AvgIpc) is 2.72. The molecule has 0 unspecified atom stereocenters. The Morgan fingerprint density at radius 3 is 2.19 bits per heavy atom. The summed E-state index contributed by atoms with van der Waals surface area (Å²) in [6.07, 6.45) is 0. The Bertz CT molecular complexity index is 1210. The lowest BCUT2D eigenvalue weighted by atomic mass is 10.2. The van der Waals surface area contributed by atoms with E-state index >= 15 is 0 Å². The van der Waals surface area contributed by atoms with Crippen LogP contribution in [0.3, 0.4) is 0 Å². The molecule has 7 nitrogen and oxygen atoms in total. The summed E-state index contributed by atoms with van der Waals surface area (Å²) in [7, 11) is -2.27. The predicted octanol–water partition coefficient (Wildman–Crippen LogP) is 5.13. The second-order valence-electron chi connectivity index (χ2n) is 6.76. The summed E-state index contributed by atoms with van der Waals surface area (Å²) >= 11 is 11.8. The zero-order valence-corrected chi connectivity index (χ0v) is 19.5. The Kier molecular flexibility index (Phi) is 7.50. The number of halogens is 2. The molecule has 0 bridgehead atoms. The van der Waals surface area contributed by atoms with Crippen molar-refractivity contribution in [3.8, 4) is 11.5 Å². The van der Waals surface area contributed by atoms with Crippen LogP contribution in [-0.2, 0) is 14.8 Å². The van der Waals surface area contributed by atoms with Crippen molar-refractivity contribution in [1.29, 1.82) is 0 Å². The van der Waals surface area contributed by atoms with Crippen molar-refractivity contribution >= 4 is 50.5 Å². The normalized spacial score (nSPS) is 11.0. The fourth-order valence-corrected chi connectivity index (χ4v) is 4.46. The highest BCUT2D eigenvalue weighted by Gasteiger charge is 2.16. The van der Waals surface area contributed by atoms with Gasteiger partial charge in [0.1, 0.15) is 11.5 Å². The van der Waals surface area contributed by atoms with E-state index in [1.54, 1.807) is 49.4 Å². The van der Waals surface area contributed by atoms with Gasteiger partial charge in [-0.25, -0.2) is 8.42 Å². The van der Waals surface area contributed by atoms with Gasteiger partial charge in [0.15, 0.2) is 6.61 Å². The molecule has 1 amide bonds. The van der Waals surface area contributed by atoms with Crippen molar-refractivity contribution in [1.82, 2.24) is 0 Å². The minimum atomic E-state index is -3.80. The van der Waals surface area contributed by atoms with Gasteiger partial charge in [0.05, 0.1) is 12.0 Å². The zero-order valence-electron chi connectivity index (χ0n) is 17.2. The quantitative estimate of drug-likeness (QED) is 0.452. The Morgan fingerprint density at radius 2 is 1.59 bits per heavy atom. The number of carbonyl (C=O) groups is 1. The zero-order chi connectivity index (χ0) is 23.3. The molecular weight excluding hydrogens is 475 g/mol. The number of methoxy groups -OCH3 is 1. The van der Waals surface area contributed by atoms with Crippen molar-refractivity contribution in [2.24, 2.45) is 0 Å². The van der Waals surface area contributed by atoms with Crippen LogP contribution in [0.4, 0.5) is 11.4 Å². The van der Waals surface area contributed by atoms with Crippen molar-refractivity contribution < 1.29 is 22.7 Å². The summed E-state index contributed by atoms with van der Waals surface area (Å²) in [4.78, 5) is 12.2. The van der Waals surface area contributed by atoms with Crippen molar-refractivity contribution in [2.75, 3.05) is 23.8 Å². The molecule has 10 heteroatoms. The van der Waals surface area contributed by atoms with E-state index < -0.39 is 15.9 Å². The molecule has 3 aromatic rings. The van der Waals surface area contributed by atoms with Gasteiger partial charge in [0.2, 0.25) is 0 Å². The van der Waals surface area contributed by atoms with Gasteiger partial charge in [-0.15, -0.1) is 0 Å². The SMILES string of the molecule is COc1ccc(NS(=O)(=O)c2ccc(OCC(=O)Nc3cc(Cl)cc(Cl)c3)c(C)c2)cc1. The number of rotatable bonds is 8. The number of amides is 1. The Hall–Kier alpha value is -2.94. The first-order chi connectivity index (χ1) is 15.2. The summed E-state index contributed by atoms with van der Waals surface area (Å²) in [6.45, 7) is 1.41. The standard InChI is InChI=1S/C22H20Cl2N2O5S/c1-14-9-20(32(28,29)26-17-3-5-19(30-2)6-4-17)7-8-21(14)31-13-22(27)25-18-11-15(23)10-16(24)12-18/h3-12,26H,13H2,1-2H3,(H,25,27). The highest BCUT2D eigenvalue weighted by atomic mass is 35.5. The minimum absolute atomic E-state index is 0.0659. The summed E-state index contributed by atoms with van der Waals surface area (Å²) in [5.41, 5.74) is 1.40. The average molecular weight is 495 g/mol. The molecule has 0 aliphatic rings. The molecule has 0 spiro atoms. The van der Waals surface area contributed by atoms with Crippen LogP contribution in [0.2, 0.25) is 10.0 Å². The Morgan fingerprint density at radius 1 is 0.938 bits per heavy atom. The molecule has 0 saturated carbocycles. The van der Waals surface area contributed by atoms with Gasteiger partial charge in [-0.2, -0.15) is 0 Å². The smallest absolute Gasteiger partial charge is 0.262 e. The first kappa shape index (κ1) is 23.7. The van der Waals surface area contributed by atoms with Gasteiger partial charge >= 0.3 is 0 Å². The number of benzene rings is 3. The topological polar surface area (TPSA) is 93.7 Å². The number of sulfonamides is 1. The van der Waals surface area contributed by atoms with E-state index in [4.69, 9.17) is 32.7 Å². The Balaban J connectivity index is 1.64. The summed E-state index contributed by atoms with van der Waals surface area (Å²) in [6, 6.07) is 15.6. The van der Waals surface area contributed by atoms with Crippen molar-refractivity contribution in [3.63, 3.8) is 0 Å². The number of nitrogens with one attached hydrogen (secondary N) is 2. The lowest BCUT2D eigenvalue weighted by Crippen LogP contribution is -2.20. The molecule has 0 aromatic heterocycles. The maximum absolute atomic E-state index is 12.7. The van der Waals surface area contributed by atoms with Crippen LogP contribution in [0.1, 0.15) is 5.56 Å². The lowest BCUT2D eigenvalue weighted by Gasteiger charge is -2.13. The summed E-state index contributed by atoms with van der Waals surface area (Å²) in [5.74, 6) is 0.584. The molecule has 3 rings (SSSR count). The predicted molar refractivity (Wildman–Crippen MR) is 126 cm³/mol. The fourth-order valence-electron chi connectivity index (χ4n) is 2.79. The van der Waals surface area contributed by atoms with E-state index in [0.29, 0.717) is 38.5 Å². The Labute approximate surface area is 196 Å². The third-order valence-corrected chi connectivity index (χ3v) is 6.12. The highest BCUT2D eigenvalue weighted by molar-refractivity contribution is 7.92. The van der Waals surface area contributed by atoms with E-state index in [2.05, 4.69) is 10.0 Å². The van der Waals surface area contributed by atoms with Gasteiger partial charge in [-0.3, -0.25) is 9.52 Å². The van der Waals surface area contributed by atoms with Gasteiger partial charge < -0.3 is 14.8 Å². The van der Waals surface area contributed by atoms with E-state index in [9.17, 15) is 13.2 Å². The van der Waals surface area contributed by atoms with Gasteiger partial charge in [-0.1, -0.05) is 23.2 Å². The molecule has 0 aliphatic carbocycles. The van der Waals surface area contributed by atoms with Crippen LogP contribution in [0.5, 0.6) is 11.5 Å². The molecule has 0 atom stereocenters. The molecule has 0 radical (unpaired) electrons. The molecule has 2 N–H and O–H groups in total. The van der Waals surface area contributed by atoms with Crippen molar-refractivity contribution in [3.05, 3.63) is 76.3 Å². The molecule has 0 heterocycles. The van der Waals surface area contributed by atoms with Crippen LogP contribution in [0.25, 0.3) is 0 Å². The van der Waals surface area contributed by atoms with Gasteiger partial charge in [-0.05, 0) is 73.2 Å². The van der Waals surface area contributed by atoms with Crippen molar-refractivity contribution in [2.45, 2.75) is 11.8 Å². The maximum Gasteiger partial charge on any atom is 0.262 e. The molecule has 168 valence electrons. The van der Waals surface area contributed by atoms with Crippen LogP contribution >= 0.6 is 23.2 Å². The lowest BCUT2D eigenvalue weighted by molar-refractivity contribution is -0.118. The number of carbonyl (C=O) groups excluding carboxylic acids is 1. The number of anilines is 2. The third-order valence-electron chi connectivity index (χ3n) is 4.30. The second kappa shape index (κ2) is 10.1. The molecule has 0 saturated heterocycles. The van der Waals surface area contributed by atoms with E-state index in [1.165, 1.54) is 25.3 Å². The van der Waals surface area contributed by atoms with Crippen LogP contribution < -0.4 is 19.5 Å². The first-order valence-electron chi connectivity index (χ1n) is 9.32. The van der Waals surface area contributed by atoms with Crippen LogP contribution in [0.15, 0.2) is 65.6 Å². The third kappa shape index (κ3) is 6.29. The molecule has 3 aromatic carbocycles. The molecule has 0 fully saturated rings. The van der Waals surface area contributed by atoms with Crippen LogP contribution in [0, 0.1) is 6.92 Å². The van der Waals surface area contributed by atoms with Gasteiger partial charge in [0.25, 0.3) is 15.9 Å². The number of hydrogen-bond donors (Lipinski definition) is 2. The van der Waals surface area contributed by atoms with Crippen LogP contribution in [-0.4, -0.2) is 28.0 Å². The fraction of sp³-hybridized carbons (Fsp3) is 0.136. The maximum atomic E-state index is 12.7. The number of aryl methyl sites for hydroxylation is 1. The minimum Gasteiger partial charge on any atom is -0.497 e. The largest absolute Gasteiger partial charge is 0.497 e. The summed E-state index contributed by atoms with van der Waals surface area (Å²) in [5, 5.41) is 3.42. The molecular formula is C22H20Cl2N2O5S. The van der Waals surface area contributed by atoms with E-state index in [0.717, 1.165) is 0 Å². The van der Waals surface area contributed by atoms with E-state index in [1.807, 2.05) is 0 Å². The number of hydrogen-bond acceptors (Lipinski definition) is 5.